The van der Waals surface area contributed by atoms with Gasteiger partial charge in [-0.15, -0.1) is 0 Å². The average molecular weight is 500 g/mol. The van der Waals surface area contributed by atoms with Crippen LogP contribution in [0.3, 0.4) is 0 Å². The highest BCUT2D eigenvalue weighted by atomic mass is 16.7. The van der Waals surface area contributed by atoms with E-state index >= 15 is 0 Å². The first-order chi connectivity index (χ1) is 18.2. The molecule has 0 bridgehead atoms. The number of hydrogen-bond donors (Lipinski definition) is 1. The number of ether oxygens (including phenoxy) is 3. The van der Waals surface area contributed by atoms with Gasteiger partial charge in [-0.2, -0.15) is 5.10 Å². The van der Waals surface area contributed by atoms with Gasteiger partial charge in [-0.05, 0) is 67.8 Å². The van der Waals surface area contributed by atoms with Crippen molar-refractivity contribution in [3.8, 4) is 28.5 Å². The fourth-order valence-electron chi connectivity index (χ4n) is 4.92. The van der Waals surface area contributed by atoms with Crippen LogP contribution in [0, 0.1) is 5.92 Å². The van der Waals surface area contributed by atoms with E-state index in [1.165, 1.54) is 0 Å². The summed E-state index contributed by atoms with van der Waals surface area (Å²) in [5.74, 6) is 3.29. The zero-order valence-corrected chi connectivity index (χ0v) is 20.7. The van der Waals surface area contributed by atoms with Gasteiger partial charge in [0.25, 0.3) is 0 Å². The smallest absolute Gasteiger partial charge is 0.231 e. The highest BCUT2D eigenvalue weighted by Crippen LogP contribution is 2.33. The van der Waals surface area contributed by atoms with Gasteiger partial charge in [0.2, 0.25) is 12.7 Å². The molecule has 6 rings (SSSR count). The summed E-state index contributed by atoms with van der Waals surface area (Å²) in [5.41, 5.74) is 3.86. The van der Waals surface area contributed by atoms with Crippen LogP contribution in [0.5, 0.6) is 17.2 Å². The van der Waals surface area contributed by atoms with Crippen LogP contribution in [0.15, 0.2) is 60.9 Å². The summed E-state index contributed by atoms with van der Waals surface area (Å²) in [6.45, 7) is 4.85. The van der Waals surface area contributed by atoms with E-state index in [0.717, 1.165) is 71.3 Å². The molecule has 1 amide bonds. The number of rotatable bonds is 7. The molecule has 9 heteroatoms. The molecule has 9 nitrogen and oxygen atoms in total. The number of piperidine rings is 1. The molecule has 2 aliphatic heterocycles. The molecule has 4 aromatic rings. The highest BCUT2D eigenvalue weighted by molar-refractivity contribution is 5.80. The van der Waals surface area contributed by atoms with Crippen molar-refractivity contribution < 1.29 is 19.0 Å². The fraction of sp³-hybridized carbons (Fsp3) is 0.321. The maximum atomic E-state index is 12.9. The van der Waals surface area contributed by atoms with Crippen molar-refractivity contribution in [1.29, 1.82) is 0 Å². The largest absolute Gasteiger partial charge is 0.494 e. The number of aromatic nitrogens is 3. The monoisotopic (exact) mass is 499 g/mol. The predicted molar refractivity (Wildman–Crippen MR) is 139 cm³/mol. The Morgan fingerprint density at radius 2 is 1.89 bits per heavy atom. The number of carbonyl (C=O) groups excluding carboxylic acids is 1. The van der Waals surface area contributed by atoms with Gasteiger partial charge in [0.1, 0.15) is 11.3 Å². The summed E-state index contributed by atoms with van der Waals surface area (Å²) in [6.07, 6.45) is 5.19. The van der Waals surface area contributed by atoms with Crippen molar-refractivity contribution in [1.82, 2.24) is 19.9 Å². The second-order valence-electron chi connectivity index (χ2n) is 9.23. The van der Waals surface area contributed by atoms with Gasteiger partial charge in [0, 0.05) is 43.5 Å². The quantitative estimate of drug-likeness (QED) is 0.410. The molecule has 0 radical (unpaired) electrons. The number of amides is 1. The first-order valence-corrected chi connectivity index (χ1v) is 12.7. The third-order valence-corrected chi connectivity index (χ3v) is 6.90. The number of carbonyl (C=O) groups is 1. The molecule has 0 saturated carbocycles. The van der Waals surface area contributed by atoms with Crippen LogP contribution in [0.1, 0.15) is 25.3 Å². The van der Waals surface area contributed by atoms with Crippen LogP contribution >= 0.6 is 0 Å². The normalized spacial score (nSPS) is 15.2. The van der Waals surface area contributed by atoms with E-state index in [2.05, 4.69) is 21.3 Å². The molecule has 2 aliphatic rings. The lowest BCUT2D eigenvalue weighted by Gasteiger charge is -2.32. The van der Waals surface area contributed by atoms with Gasteiger partial charge in [-0.25, -0.2) is 9.50 Å². The zero-order valence-electron chi connectivity index (χ0n) is 20.7. The molecule has 0 atom stereocenters. The maximum Gasteiger partial charge on any atom is 0.231 e. The van der Waals surface area contributed by atoms with Crippen LogP contribution in [0.4, 0.5) is 5.82 Å². The van der Waals surface area contributed by atoms with Gasteiger partial charge in [-0.1, -0.05) is 6.07 Å². The van der Waals surface area contributed by atoms with Crippen molar-refractivity contribution in [3.05, 3.63) is 66.5 Å². The average Bonchev–Trinajstić information content (AvgIpc) is 3.59. The number of nitrogens with one attached hydrogen (secondary N) is 1. The topological polar surface area (TPSA) is 90.2 Å². The molecule has 190 valence electrons. The number of benzene rings is 2. The summed E-state index contributed by atoms with van der Waals surface area (Å²) in [7, 11) is 0. The minimum Gasteiger partial charge on any atom is -0.494 e. The van der Waals surface area contributed by atoms with E-state index in [0.29, 0.717) is 13.2 Å². The van der Waals surface area contributed by atoms with Gasteiger partial charge in [-0.3, -0.25) is 4.79 Å². The van der Waals surface area contributed by atoms with Crippen molar-refractivity contribution >= 4 is 17.2 Å². The molecule has 4 heterocycles. The van der Waals surface area contributed by atoms with E-state index in [1.807, 2.05) is 60.1 Å². The molecule has 2 aromatic heterocycles. The number of anilines is 1. The van der Waals surface area contributed by atoms with E-state index < -0.39 is 0 Å². The highest BCUT2D eigenvalue weighted by Gasteiger charge is 2.27. The number of nitrogens with zero attached hydrogens (tertiary/aromatic N) is 4. The molecule has 0 spiro atoms. The summed E-state index contributed by atoms with van der Waals surface area (Å²) in [4.78, 5) is 19.8. The predicted octanol–water partition coefficient (Wildman–Crippen LogP) is 4.06. The second kappa shape index (κ2) is 10.0. The van der Waals surface area contributed by atoms with Gasteiger partial charge < -0.3 is 24.4 Å². The molecule has 0 aliphatic carbocycles. The van der Waals surface area contributed by atoms with E-state index in [4.69, 9.17) is 19.3 Å². The van der Waals surface area contributed by atoms with Crippen LogP contribution < -0.4 is 24.4 Å². The third-order valence-electron chi connectivity index (χ3n) is 6.90. The Hall–Kier alpha value is -4.27. The van der Waals surface area contributed by atoms with Crippen molar-refractivity contribution in [2.24, 2.45) is 5.92 Å². The molecule has 1 fully saturated rings. The van der Waals surface area contributed by atoms with Gasteiger partial charge in [0.15, 0.2) is 17.3 Å². The standard InChI is InChI=1S/C28H29N5O4/c1-2-35-22-6-4-20(5-7-22)23-16-24-27(29-11-14-33(24)31-23)32-12-9-21(10-13-32)28(34)30-17-19-3-8-25-26(15-19)37-18-36-25/h3-8,11,14-16,21H,2,9-10,12-13,17-18H2,1H3,(H,30,34). The molecule has 0 unspecified atom stereocenters. The maximum absolute atomic E-state index is 12.9. The molecule has 1 N–H and O–H groups in total. The Bertz CT molecular complexity index is 1410. The van der Waals surface area contributed by atoms with Crippen molar-refractivity contribution in [2.75, 3.05) is 31.4 Å². The lowest BCUT2D eigenvalue weighted by atomic mass is 9.95. The van der Waals surface area contributed by atoms with Gasteiger partial charge >= 0.3 is 0 Å². The second-order valence-corrected chi connectivity index (χ2v) is 9.23. The molecular weight excluding hydrogens is 470 g/mol. The molecule has 2 aromatic carbocycles. The summed E-state index contributed by atoms with van der Waals surface area (Å²) in [6, 6.07) is 15.8. The van der Waals surface area contributed by atoms with Crippen LogP contribution in [0.25, 0.3) is 16.8 Å². The molecule has 37 heavy (non-hydrogen) atoms. The Kier molecular flexibility index (Phi) is 6.26. The number of hydrogen-bond acceptors (Lipinski definition) is 7. The van der Waals surface area contributed by atoms with E-state index in [9.17, 15) is 4.79 Å². The molecule has 1 saturated heterocycles. The van der Waals surface area contributed by atoms with Gasteiger partial charge in [0.05, 0.1) is 12.3 Å². The van der Waals surface area contributed by atoms with Crippen LogP contribution in [0.2, 0.25) is 0 Å². The Labute approximate surface area is 215 Å². The van der Waals surface area contributed by atoms with E-state index in [1.54, 1.807) is 6.20 Å². The van der Waals surface area contributed by atoms with Crippen molar-refractivity contribution in [2.45, 2.75) is 26.3 Å². The minimum absolute atomic E-state index is 0.0191. The Morgan fingerprint density at radius 3 is 2.70 bits per heavy atom. The molecular formula is C28H29N5O4. The van der Waals surface area contributed by atoms with Crippen LogP contribution in [-0.4, -0.2) is 47.0 Å². The Balaban J connectivity index is 1.09. The summed E-state index contributed by atoms with van der Waals surface area (Å²) < 4.78 is 18.2. The SMILES string of the molecule is CCOc1ccc(-c2cc3c(N4CCC(C(=O)NCc5ccc6c(c5)OCO6)CC4)nccn3n2)cc1. The minimum atomic E-state index is -0.0191. The van der Waals surface area contributed by atoms with Crippen molar-refractivity contribution in [3.63, 3.8) is 0 Å². The number of fused-ring (bicyclic) bond motifs is 2. The zero-order chi connectivity index (χ0) is 25.2. The fourth-order valence-corrected chi connectivity index (χ4v) is 4.92. The lowest BCUT2D eigenvalue weighted by Crippen LogP contribution is -2.40. The summed E-state index contributed by atoms with van der Waals surface area (Å²) in [5, 5.41) is 7.85. The Morgan fingerprint density at radius 1 is 1.08 bits per heavy atom. The summed E-state index contributed by atoms with van der Waals surface area (Å²) >= 11 is 0. The van der Waals surface area contributed by atoms with Crippen LogP contribution in [-0.2, 0) is 11.3 Å². The lowest BCUT2D eigenvalue weighted by molar-refractivity contribution is -0.125. The first-order valence-electron chi connectivity index (χ1n) is 12.7. The van der Waals surface area contributed by atoms with E-state index in [-0.39, 0.29) is 18.6 Å². The first kappa shape index (κ1) is 23.1. The third kappa shape index (κ3) is 4.76.